The second-order valence-corrected chi connectivity index (χ2v) is 6.14. The third-order valence-electron chi connectivity index (χ3n) is 4.43. The van der Waals surface area contributed by atoms with E-state index in [2.05, 4.69) is 0 Å². The van der Waals surface area contributed by atoms with Gasteiger partial charge in [0, 0.05) is 25.6 Å². The van der Waals surface area contributed by atoms with E-state index >= 15 is 0 Å². The lowest BCUT2D eigenvalue weighted by Gasteiger charge is -2.34. The third kappa shape index (κ3) is 4.47. The first-order chi connectivity index (χ1) is 10.6. The molecule has 4 heteroatoms. The highest BCUT2D eigenvalue weighted by Gasteiger charge is 2.25. The molecule has 2 rings (SSSR count). The van der Waals surface area contributed by atoms with E-state index in [0.717, 1.165) is 43.7 Å². The molecular formula is C18H28N2O2. The van der Waals surface area contributed by atoms with E-state index in [-0.39, 0.29) is 11.9 Å². The highest BCUT2D eigenvalue weighted by Crippen LogP contribution is 2.22. The van der Waals surface area contributed by atoms with Gasteiger partial charge in [0.25, 0.3) is 0 Å². The summed E-state index contributed by atoms with van der Waals surface area (Å²) < 4.78 is 5.62. The van der Waals surface area contributed by atoms with Crippen LogP contribution in [-0.4, -0.2) is 36.5 Å². The van der Waals surface area contributed by atoms with E-state index in [1.807, 2.05) is 43.0 Å². The quantitative estimate of drug-likeness (QED) is 0.879. The Morgan fingerprint density at radius 2 is 2.23 bits per heavy atom. The van der Waals surface area contributed by atoms with Gasteiger partial charge >= 0.3 is 0 Å². The van der Waals surface area contributed by atoms with Crippen molar-refractivity contribution in [2.24, 2.45) is 11.7 Å². The molecule has 0 aliphatic carbocycles. The van der Waals surface area contributed by atoms with Crippen LogP contribution in [0.1, 0.15) is 38.7 Å². The van der Waals surface area contributed by atoms with Gasteiger partial charge in [0.15, 0.2) is 0 Å². The van der Waals surface area contributed by atoms with Crippen molar-refractivity contribution in [3.8, 4) is 5.75 Å². The number of benzene rings is 1. The second-order valence-electron chi connectivity index (χ2n) is 6.14. The van der Waals surface area contributed by atoms with E-state index in [9.17, 15) is 4.79 Å². The Morgan fingerprint density at radius 3 is 2.95 bits per heavy atom. The average molecular weight is 304 g/mol. The lowest BCUT2D eigenvalue weighted by Crippen LogP contribution is -2.45. The maximum Gasteiger partial charge on any atom is 0.222 e. The number of amides is 1. The summed E-state index contributed by atoms with van der Waals surface area (Å²) in [5.74, 6) is 1.56. The minimum Gasteiger partial charge on any atom is -0.494 e. The van der Waals surface area contributed by atoms with Crippen molar-refractivity contribution in [1.29, 1.82) is 0 Å². The number of para-hydroxylation sites is 1. The van der Waals surface area contributed by atoms with Crippen LogP contribution in [0.15, 0.2) is 24.3 Å². The minimum atomic E-state index is 0.161. The molecule has 0 bridgehead atoms. The number of rotatable bonds is 6. The largest absolute Gasteiger partial charge is 0.494 e. The fraction of sp³-hybridized carbons (Fsp3) is 0.611. The average Bonchev–Trinajstić information content (AvgIpc) is 2.54. The zero-order chi connectivity index (χ0) is 15.9. The van der Waals surface area contributed by atoms with Crippen LogP contribution in [0.4, 0.5) is 0 Å². The molecular weight excluding hydrogens is 276 g/mol. The van der Waals surface area contributed by atoms with Crippen molar-refractivity contribution < 1.29 is 9.53 Å². The summed E-state index contributed by atoms with van der Waals surface area (Å²) in [5.41, 5.74) is 7.10. The normalized spacial score (nSPS) is 19.8. The smallest absolute Gasteiger partial charge is 0.222 e. The highest BCUT2D eigenvalue weighted by atomic mass is 16.5. The predicted octanol–water partition coefficient (Wildman–Crippen LogP) is 2.60. The van der Waals surface area contributed by atoms with E-state index in [1.54, 1.807) is 0 Å². The molecule has 0 saturated carbocycles. The monoisotopic (exact) mass is 304 g/mol. The number of nitrogens with two attached hydrogens (primary N) is 1. The molecule has 0 spiro atoms. The first kappa shape index (κ1) is 16.8. The van der Waals surface area contributed by atoms with Gasteiger partial charge in [-0.3, -0.25) is 4.79 Å². The maximum atomic E-state index is 12.5. The van der Waals surface area contributed by atoms with E-state index in [0.29, 0.717) is 18.9 Å². The van der Waals surface area contributed by atoms with Crippen LogP contribution < -0.4 is 10.5 Å². The summed E-state index contributed by atoms with van der Waals surface area (Å²) >= 11 is 0. The standard InChI is InChI=1S/C18H28N2O2/c1-3-22-17-9-5-4-7-15(17)10-11-18(21)20-12-6-8-16(13-20)14(2)19/h4-5,7,9,14,16H,3,6,8,10-13,19H2,1-2H3. The fourth-order valence-electron chi connectivity index (χ4n) is 3.07. The van der Waals surface area contributed by atoms with Gasteiger partial charge in [0.2, 0.25) is 5.91 Å². The number of carbonyl (C=O) groups is 1. The van der Waals surface area contributed by atoms with Crippen molar-refractivity contribution in [1.82, 2.24) is 4.90 Å². The molecule has 0 aromatic heterocycles. The fourth-order valence-corrected chi connectivity index (χ4v) is 3.07. The maximum absolute atomic E-state index is 12.5. The molecule has 1 fully saturated rings. The minimum absolute atomic E-state index is 0.161. The van der Waals surface area contributed by atoms with Crippen molar-refractivity contribution >= 4 is 5.91 Å². The van der Waals surface area contributed by atoms with Crippen LogP contribution in [0.3, 0.4) is 0 Å². The molecule has 0 radical (unpaired) electrons. The molecule has 1 aliphatic rings. The number of likely N-dealkylation sites (tertiary alicyclic amines) is 1. The van der Waals surface area contributed by atoms with Crippen LogP contribution in [0.5, 0.6) is 5.75 Å². The van der Waals surface area contributed by atoms with Gasteiger partial charge in [-0.1, -0.05) is 18.2 Å². The van der Waals surface area contributed by atoms with Crippen LogP contribution in [-0.2, 0) is 11.2 Å². The number of hydrogen-bond acceptors (Lipinski definition) is 3. The van der Waals surface area contributed by atoms with Crippen molar-refractivity contribution in [2.45, 2.75) is 45.6 Å². The Balaban J connectivity index is 1.90. The molecule has 1 aliphatic heterocycles. The molecule has 1 aromatic rings. The number of nitrogens with zero attached hydrogens (tertiary/aromatic N) is 1. The first-order valence-corrected chi connectivity index (χ1v) is 8.36. The molecule has 2 unspecified atom stereocenters. The van der Waals surface area contributed by atoms with Crippen LogP contribution in [0.25, 0.3) is 0 Å². The topological polar surface area (TPSA) is 55.6 Å². The molecule has 2 N–H and O–H groups in total. The molecule has 1 amide bonds. The van der Waals surface area contributed by atoms with E-state index < -0.39 is 0 Å². The molecule has 1 saturated heterocycles. The number of hydrogen-bond donors (Lipinski definition) is 1. The Labute approximate surface area is 133 Å². The van der Waals surface area contributed by atoms with Crippen LogP contribution in [0.2, 0.25) is 0 Å². The lowest BCUT2D eigenvalue weighted by molar-refractivity contribution is -0.133. The molecule has 22 heavy (non-hydrogen) atoms. The molecule has 1 heterocycles. The number of ether oxygens (including phenoxy) is 1. The number of piperidine rings is 1. The van der Waals surface area contributed by atoms with Gasteiger partial charge in [0.05, 0.1) is 6.61 Å². The van der Waals surface area contributed by atoms with Gasteiger partial charge in [-0.15, -0.1) is 0 Å². The summed E-state index contributed by atoms with van der Waals surface area (Å²) in [5, 5.41) is 0. The van der Waals surface area contributed by atoms with E-state index in [4.69, 9.17) is 10.5 Å². The number of aryl methyl sites for hydroxylation is 1. The predicted molar refractivity (Wildman–Crippen MR) is 88.9 cm³/mol. The molecule has 4 nitrogen and oxygen atoms in total. The van der Waals surface area contributed by atoms with Gasteiger partial charge in [-0.2, -0.15) is 0 Å². The van der Waals surface area contributed by atoms with Gasteiger partial charge in [-0.05, 0) is 50.7 Å². The SMILES string of the molecule is CCOc1ccccc1CCC(=O)N1CCCC(C(C)N)C1. The zero-order valence-electron chi connectivity index (χ0n) is 13.8. The van der Waals surface area contributed by atoms with Crippen molar-refractivity contribution in [2.75, 3.05) is 19.7 Å². The summed E-state index contributed by atoms with van der Waals surface area (Å²) in [6.45, 7) is 6.34. The van der Waals surface area contributed by atoms with Gasteiger partial charge in [0.1, 0.15) is 5.75 Å². The summed E-state index contributed by atoms with van der Waals surface area (Å²) in [6.07, 6.45) is 3.46. The lowest BCUT2D eigenvalue weighted by atomic mass is 9.92. The molecule has 1 aromatic carbocycles. The second kappa shape index (κ2) is 8.18. The Morgan fingerprint density at radius 1 is 1.45 bits per heavy atom. The summed E-state index contributed by atoms with van der Waals surface area (Å²) in [7, 11) is 0. The van der Waals surface area contributed by atoms with Crippen molar-refractivity contribution in [3.05, 3.63) is 29.8 Å². The Bertz CT molecular complexity index is 488. The van der Waals surface area contributed by atoms with Gasteiger partial charge in [-0.25, -0.2) is 0 Å². The Kier molecular flexibility index (Phi) is 6.25. The van der Waals surface area contributed by atoms with E-state index in [1.165, 1.54) is 0 Å². The van der Waals surface area contributed by atoms with Gasteiger partial charge < -0.3 is 15.4 Å². The van der Waals surface area contributed by atoms with Crippen LogP contribution >= 0.6 is 0 Å². The first-order valence-electron chi connectivity index (χ1n) is 8.36. The molecule has 2 atom stereocenters. The van der Waals surface area contributed by atoms with Crippen LogP contribution in [0, 0.1) is 5.92 Å². The summed E-state index contributed by atoms with van der Waals surface area (Å²) in [4.78, 5) is 14.4. The summed E-state index contributed by atoms with van der Waals surface area (Å²) in [6, 6.07) is 8.13. The zero-order valence-corrected chi connectivity index (χ0v) is 13.8. The third-order valence-corrected chi connectivity index (χ3v) is 4.43. The van der Waals surface area contributed by atoms with Crippen molar-refractivity contribution in [3.63, 3.8) is 0 Å². The number of carbonyl (C=O) groups excluding carboxylic acids is 1. The Hall–Kier alpha value is -1.55. The highest BCUT2D eigenvalue weighted by molar-refractivity contribution is 5.76. The molecule has 122 valence electrons.